The van der Waals surface area contributed by atoms with Crippen LogP contribution in [0.2, 0.25) is 0 Å². The molecule has 1 atom stereocenters. The number of phenols is 1. The van der Waals surface area contributed by atoms with Crippen molar-refractivity contribution < 1.29 is 14.6 Å². The van der Waals surface area contributed by atoms with Gasteiger partial charge in [-0.2, -0.15) is 5.26 Å². The van der Waals surface area contributed by atoms with Crippen LogP contribution in [0, 0.1) is 32.2 Å². The van der Waals surface area contributed by atoms with E-state index < -0.39 is 5.60 Å². The van der Waals surface area contributed by atoms with Crippen molar-refractivity contribution in [2.75, 3.05) is 10.6 Å². The fourth-order valence-corrected chi connectivity index (χ4v) is 4.27. The molecule has 9 nitrogen and oxygen atoms in total. The number of aromatic nitrogens is 1. The van der Waals surface area contributed by atoms with Crippen LogP contribution in [0.1, 0.15) is 41.2 Å². The maximum atomic E-state index is 13.2. The number of guanidine groups is 1. The second-order valence-corrected chi connectivity index (χ2v) is 9.28. The highest BCUT2D eigenvalue weighted by atomic mass is 16.5. The van der Waals surface area contributed by atoms with Gasteiger partial charge in [0.15, 0.2) is 11.8 Å². The number of nitrogens with zero attached hydrogens (tertiary/aromatic N) is 3. The number of hydrogen-bond acceptors (Lipinski definition) is 6. The smallest absolute Gasteiger partial charge is 0.268 e. The van der Waals surface area contributed by atoms with E-state index in [1.807, 2.05) is 51.2 Å². The highest BCUT2D eigenvalue weighted by Crippen LogP contribution is 2.43. The lowest BCUT2D eigenvalue weighted by Gasteiger charge is -2.36. The summed E-state index contributed by atoms with van der Waals surface area (Å²) >= 11 is 0. The molecule has 190 valence electrons. The van der Waals surface area contributed by atoms with Crippen molar-refractivity contribution in [2.24, 2.45) is 4.99 Å². The van der Waals surface area contributed by atoms with Crippen LogP contribution in [0.5, 0.6) is 11.5 Å². The molecule has 0 bridgehead atoms. The molecular formula is C28H30N6O3. The van der Waals surface area contributed by atoms with Gasteiger partial charge >= 0.3 is 0 Å². The summed E-state index contributed by atoms with van der Waals surface area (Å²) in [5.74, 6) is 1.07. The molecule has 1 aromatic heterocycles. The monoisotopic (exact) mass is 498 g/mol. The van der Waals surface area contributed by atoms with Crippen molar-refractivity contribution in [2.45, 2.75) is 52.7 Å². The molecule has 0 aliphatic carbocycles. The second kappa shape index (κ2) is 10.6. The number of nitrogens with one attached hydrogen (secondary N) is 3. The van der Waals surface area contributed by atoms with Crippen LogP contribution in [0.15, 0.2) is 53.8 Å². The van der Waals surface area contributed by atoms with E-state index in [1.165, 1.54) is 0 Å². The summed E-state index contributed by atoms with van der Waals surface area (Å²) in [7, 11) is 0. The largest absolute Gasteiger partial charge is 0.507 e. The minimum absolute atomic E-state index is 0.228. The molecule has 0 saturated carbocycles. The van der Waals surface area contributed by atoms with Gasteiger partial charge in [-0.1, -0.05) is 12.1 Å². The van der Waals surface area contributed by atoms with Gasteiger partial charge in [-0.3, -0.25) is 15.1 Å². The molecule has 2 aromatic carbocycles. The zero-order chi connectivity index (χ0) is 26.6. The molecule has 1 aliphatic heterocycles. The molecule has 0 saturated heterocycles. The fraction of sp³-hybridized carbons (Fsp3) is 0.286. The minimum atomic E-state index is -1.03. The van der Waals surface area contributed by atoms with E-state index in [2.05, 4.69) is 25.9 Å². The van der Waals surface area contributed by atoms with Crippen molar-refractivity contribution >= 4 is 23.2 Å². The van der Waals surface area contributed by atoms with Gasteiger partial charge in [0.25, 0.3) is 5.91 Å². The Morgan fingerprint density at radius 3 is 2.43 bits per heavy atom. The van der Waals surface area contributed by atoms with Crippen LogP contribution in [-0.4, -0.2) is 27.6 Å². The van der Waals surface area contributed by atoms with Crippen LogP contribution in [0.4, 0.5) is 11.4 Å². The molecule has 3 aromatic rings. The number of pyridine rings is 1. The molecule has 9 heteroatoms. The molecule has 37 heavy (non-hydrogen) atoms. The highest BCUT2D eigenvalue weighted by molar-refractivity contribution is 5.97. The topological polar surface area (TPSA) is 132 Å². The van der Waals surface area contributed by atoms with Crippen LogP contribution in [0.3, 0.4) is 0 Å². The van der Waals surface area contributed by atoms with Gasteiger partial charge < -0.3 is 20.5 Å². The number of ether oxygens (including phenoxy) is 1. The molecule has 0 spiro atoms. The van der Waals surface area contributed by atoms with Crippen LogP contribution in [-0.2, 0) is 17.8 Å². The molecular weight excluding hydrogens is 468 g/mol. The Kier molecular flexibility index (Phi) is 7.30. The zero-order valence-corrected chi connectivity index (χ0v) is 21.3. The van der Waals surface area contributed by atoms with E-state index in [0.717, 1.165) is 33.5 Å². The number of phenolic OH excluding ortho intramolecular Hbond substituents is 1. The summed E-state index contributed by atoms with van der Waals surface area (Å²) in [6, 6.07) is 10.9. The summed E-state index contributed by atoms with van der Waals surface area (Å²) < 4.78 is 6.28. The first-order valence-corrected chi connectivity index (χ1v) is 12.0. The number of carbonyl (C=O) groups is 1. The first-order chi connectivity index (χ1) is 17.7. The predicted molar refractivity (Wildman–Crippen MR) is 142 cm³/mol. The lowest BCUT2D eigenvalue weighted by atomic mass is 9.86. The number of aliphatic imine (C=N–C) groups is 1. The van der Waals surface area contributed by atoms with Crippen LogP contribution < -0.4 is 20.7 Å². The Hall–Kier alpha value is -4.58. The zero-order valence-electron chi connectivity index (χ0n) is 21.3. The minimum Gasteiger partial charge on any atom is -0.507 e. The molecule has 0 fully saturated rings. The number of amides is 1. The third-order valence-electron chi connectivity index (χ3n) is 6.75. The van der Waals surface area contributed by atoms with Crippen molar-refractivity contribution in [1.29, 1.82) is 5.26 Å². The Morgan fingerprint density at radius 2 is 1.76 bits per heavy atom. The quantitative estimate of drug-likeness (QED) is 0.177. The number of nitriles is 1. The van der Waals surface area contributed by atoms with E-state index in [-0.39, 0.29) is 5.91 Å². The van der Waals surface area contributed by atoms with Gasteiger partial charge in [0.2, 0.25) is 5.96 Å². The number of benzene rings is 2. The normalized spacial score (nSPS) is 16.7. The van der Waals surface area contributed by atoms with Gasteiger partial charge in [-0.15, -0.1) is 0 Å². The second-order valence-electron chi connectivity index (χ2n) is 9.28. The maximum Gasteiger partial charge on any atom is 0.268 e. The predicted octanol–water partition coefficient (Wildman–Crippen LogP) is 4.47. The lowest BCUT2D eigenvalue weighted by Crippen LogP contribution is -2.48. The fourth-order valence-electron chi connectivity index (χ4n) is 4.27. The summed E-state index contributed by atoms with van der Waals surface area (Å²) in [4.78, 5) is 21.6. The standard InChI is InChI=1S/C28H30N6O3/c1-17-18(2)25-23(19(3)24(17)35)9-12-28(4,37-25)26(36)33-21-7-5-20(6-8-21)15-31-27(32-16-29)34-22-10-13-30-14-11-22/h5-8,10-11,13-14,35H,9,12,15H2,1-4H3,(H,33,36)(H2,30,31,32,34). The Morgan fingerprint density at radius 1 is 1.08 bits per heavy atom. The van der Waals surface area contributed by atoms with Gasteiger partial charge in [0.1, 0.15) is 11.5 Å². The van der Waals surface area contributed by atoms with Crippen LogP contribution in [0.25, 0.3) is 0 Å². The average molecular weight is 499 g/mol. The van der Waals surface area contributed by atoms with Crippen molar-refractivity contribution in [3.63, 3.8) is 0 Å². The molecule has 4 rings (SSSR count). The molecule has 4 N–H and O–H groups in total. The van der Waals surface area contributed by atoms with Gasteiger partial charge in [-0.25, -0.2) is 4.99 Å². The molecule has 2 heterocycles. The Labute approximate surface area is 216 Å². The van der Waals surface area contributed by atoms with Gasteiger partial charge in [0.05, 0.1) is 6.54 Å². The van der Waals surface area contributed by atoms with E-state index in [9.17, 15) is 9.90 Å². The summed E-state index contributed by atoms with van der Waals surface area (Å²) in [6.07, 6.45) is 6.31. The third-order valence-corrected chi connectivity index (χ3v) is 6.75. The number of aromatic hydroxyl groups is 1. The molecule has 0 radical (unpaired) electrons. The lowest BCUT2D eigenvalue weighted by molar-refractivity contribution is -0.131. The number of hydrogen-bond donors (Lipinski definition) is 4. The van der Waals surface area contributed by atoms with E-state index in [0.29, 0.717) is 42.5 Å². The Balaban J connectivity index is 1.42. The third kappa shape index (κ3) is 5.48. The van der Waals surface area contributed by atoms with Crippen molar-refractivity contribution in [1.82, 2.24) is 10.3 Å². The first kappa shape index (κ1) is 25.5. The summed E-state index contributed by atoms with van der Waals surface area (Å²) in [6.45, 7) is 7.77. The number of carbonyl (C=O) groups excluding carboxylic acids is 1. The number of anilines is 2. The van der Waals surface area contributed by atoms with E-state index >= 15 is 0 Å². The maximum absolute atomic E-state index is 13.2. The highest BCUT2D eigenvalue weighted by Gasteiger charge is 2.40. The molecule has 1 unspecified atom stereocenters. The summed E-state index contributed by atoms with van der Waals surface area (Å²) in [5.41, 5.74) is 4.66. The van der Waals surface area contributed by atoms with E-state index in [4.69, 9.17) is 10.00 Å². The number of rotatable bonds is 5. The van der Waals surface area contributed by atoms with Crippen molar-refractivity contribution in [3.8, 4) is 17.7 Å². The van der Waals surface area contributed by atoms with Crippen LogP contribution >= 0.6 is 0 Å². The average Bonchev–Trinajstić information content (AvgIpc) is 2.91. The first-order valence-electron chi connectivity index (χ1n) is 12.0. The van der Waals surface area contributed by atoms with Crippen molar-refractivity contribution in [3.05, 3.63) is 76.6 Å². The SMILES string of the molecule is Cc1c(C)c2c(c(C)c1O)CCC(C)(C(=O)Nc1ccc(CN=C(NC#N)Nc3ccncc3)cc1)O2. The Bertz CT molecular complexity index is 1380. The van der Waals surface area contributed by atoms with Gasteiger partial charge in [0, 0.05) is 35.8 Å². The van der Waals surface area contributed by atoms with E-state index in [1.54, 1.807) is 31.5 Å². The molecule has 1 aliphatic rings. The van der Waals surface area contributed by atoms with Gasteiger partial charge in [-0.05, 0) is 80.6 Å². The number of fused-ring (bicyclic) bond motifs is 1. The summed E-state index contributed by atoms with van der Waals surface area (Å²) in [5, 5.41) is 28.0. The molecule has 1 amide bonds.